The molecule has 0 unspecified atom stereocenters. The van der Waals surface area contributed by atoms with Crippen LogP contribution in [0, 0.1) is 5.92 Å². The third kappa shape index (κ3) is 6.70. The Bertz CT molecular complexity index is 197. The summed E-state index contributed by atoms with van der Waals surface area (Å²) in [7, 11) is 0. The maximum Gasteiger partial charge on any atom is 0.191 e. The predicted octanol–water partition coefficient (Wildman–Crippen LogP) is 2.53. The average Bonchev–Trinajstić information content (AvgIpc) is 3.08. The molecule has 0 amide bonds. The SMILES string of the molecule is CCCCCN=C(NCC)NCCC1CC1. The van der Waals surface area contributed by atoms with Crippen molar-refractivity contribution in [3.05, 3.63) is 0 Å². The maximum absolute atomic E-state index is 4.56. The molecule has 3 nitrogen and oxygen atoms in total. The summed E-state index contributed by atoms with van der Waals surface area (Å²) in [6, 6.07) is 0. The lowest BCUT2D eigenvalue weighted by atomic mass is 10.2. The van der Waals surface area contributed by atoms with Crippen LogP contribution in [0.3, 0.4) is 0 Å². The molecule has 0 aliphatic heterocycles. The van der Waals surface area contributed by atoms with Gasteiger partial charge in [-0.1, -0.05) is 32.6 Å². The van der Waals surface area contributed by atoms with Crippen molar-refractivity contribution < 1.29 is 0 Å². The van der Waals surface area contributed by atoms with E-state index in [9.17, 15) is 0 Å². The van der Waals surface area contributed by atoms with Crippen molar-refractivity contribution >= 4 is 5.96 Å². The second-order valence-corrected chi connectivity index (χ2v) is 4.63. The van der Waals surface area contributed by atoms with Crippen molar-refractivity contribution in [2.24, 2.45) is 10.9 Å². The fourth-order valence-corrected chi connectivity index (χ4v) is 1.70. The summed E-state index contributed by atoms with van der Waals surface area (Å²) in [4.78, 5) is 4.56. The molecule has 2 N–H and O–H groups in total. The molecule has 94 valence electrons. The van der Waals surface area contributed by atoms with Crippen molar-refractivity contribution in [3.63, 3.8) is 0 Å². The van der Waals surface area contributed by atoms with Crippen LogP contribution in [-0.4, -0.2) is 25.6 Å². The second-order valence-electron chi connectivity index (χ2n) is 4.63. The van der Waals surface area contributed by atoms with E-state index in [1.54, 1.807) is 0 Å². The van der Waals surface area contributed by atoms with Gasteiger partial charge in [0.2, 0.25) is 0 Å². The van der Waals surface area contributed by atoms with Crippen molar-refractivity contribution in [2.75, 3.05) is 19.6 Å². The van der Waals surface area contributed by atoms with Crippen LogP contribution in [0.25, 0.3) is 0 Å². The van der Waals surface area contributed by atoms with Crippen LogP contribution in [-0.2, 0) is 0 Å². The molecule has 1 aliphatic rings. The number of guanidine groups is 1. The Balaban J connectivity index is 2.10. The van der Waals surface area contributed by atoms with Gasteiger partial charge >= 0.3 is 0 Å². The van der Waals surface area contributed by atoms with E-state index in [-0.39, 0.29) is 0 Å². The van der Waals surface area contributed by atoms with Crippen molar-refractivity contribution in [3.8, 4) is 0 Å². The Hall–Kier alpha value is -0.730. The van der Waals surface area contributed by atoms with Crippen LogP contribution in [0.1, 0.15) is 52.4 Å². The van der Waals surface area contributed by atoms with E-state index >= 15 is 0 Å². The first-order chi connectivity index (χ1) is 7.86. The number of nitrogens with one attached hydrogen (secondary N) is 2. The zero-order valence-electron chi connectivity index (χ0n) is 10.9. The predicted molar refractivity (Wildman–Crippen MR) is 70.8 cm³/mol. The van der Waals surface area contributed by atoms with Gasteiger partial charge in [-0.25, -0.2) is 0 Å². The van der Waals surface area contributed by atoms with E-state index in [4.69, 9.17) is 0 Å². The van der Waals surface area contributed by atoms with E-state index in [2.05, 4.69) is 29.5 Å². The third-order valence-electron chi connectivity index (χ3n) is 2.92. The van der Waals surface area contributed by atoms with Crippen LogP contribution in [0.5, 0.6) is 0 Å². The molecule has 0 radical (unpaired) electrons. The minimum absolute atomic E-state index is 0.947. The first-order valence-electron chi connectivity index (χ1n) is 6.89. The molecule has 1 saturated carbocycles. The highest BCUT2D eigenvalue weighted by Gasteiger charge is 2.20. The summed E-state index contributed by atoms with van der Waals surface area (Å²) in [5, 5.41) is 6.70. The van der Waals surface area contributed by atoms with Gasteiger partial charge in [0, 0.05) is 19.6 Å². The maximum atomic E-state index is 4.56. The molecule has 0 aromatic heterocycles. The van der Waals surface area contributed by atoms with E-state index in [0.29, 0.717) is 0 Å². The number of nitrogens with zero attached hydrogens (tertiary/aromatic N) is 1. The summed E-state index contributed by atoms with van der Waals surface area (Å²) >= 11 is 0. The van der Waals surface area contributed by atoms with E-state index < -0.39 is 0 Å². The number of rotatable bonds is 8. The molecule has 1 fully saturated rings. The molecule has 0 spiro atoms. The molecule has 1 rings (SSSR count). The lowest BCUT2D eigenvalue weighted by Gasteiger charge is -2.10. The molecule has 0 aromatic rings. The fourth-order valence-electron chi connectivity index (χ4n) is 1.70. The first kappa shape index (κ1) is 13.3. The molecular weight excluding hydrogens is 198 g/mol. The number of hydrogen-bond acceptors (Lipinski definition) is 1. The van der Waals surface area contributed by atoms with Crippen LogP contribution in [0.4, 0.5) is 0 Å². The molecule has 0 aromatic carbocycles. The quantitative estimate of drug-likeness (QED) is 0.378. The Labute approximate surface area is 100 Å². The van der Waals surface area contributed by atoms with Gasteiger partial charge < -0.3 is 10.6 Å². The molecule has 0 bridgehead atoms. The van der Waals surface area contributed by atoms with Gasteiger partial charge in [0.05, 0.1) is 0 Å². The monoisotopic (exact) mass is 225 g/mol. The molecule has 3 heteroatoms. The molecule has 0 saturated heterocycles. The highest BCUT2D eigenvalue weighted by Crippen LogP contribution is 2.31. The van der Waals surface area contributed by atoms with Crippen LogP contribution in [0.2, 0.25) is 0 Å². The minimum atomic E-state index is 0.947. The summed E-state index contributed by atoms with van der Waals surface area (Å²) in [6.45, 7) is 7.31. The number of unbranched alkanes of at least 4 members (excludes halogenated alkanes) is 2. The van der Waals surface area contributed by atoms with Gasteiger partial charge in [-0.3, -0.25) is 4.99 Å². The Kier molecular flexibility index (Phi) is 7.02. The van der Waals surface area contributed by atoms with Gasteiger partial charge in [0.25, 0.3) is 0 Å². The summed E-state index contributed by atoms with van der Waals surface area (Å²) in [5.74, 6) is 2.00. The Morgan fingerprint density at radius 1 is 1.19 bits per heavy atom. The molecular formula is C13H27N3. The third-order valence-corrected chi connectivity index (χ3v) is 2.92. The fraction of sp³-hybridized carbons (Fsp3) is 0.923. The van der Waals surface area contributed by atoms with Crippen LogP contribution < -0.4 is 10.6 Å². The Morgan fingerprint density at radius 2 is 2.00 bits per heavy atom. The van der Waals surface area contributed by atoms with Gasteiger partial charge in [0.15, 0.2) is 5.96 Å². The van der Waals surface area contributed by atoms with E-state index in [0.717, 1.165) is 31.5 Å². The zero-order chi connectivity index (χ0) is 11.6. The molecule has 0 heterocycles. The lowest BCUT2D eigenvalue weighted by Crippen LogP contribution is -2.38. The second kappa shape index (κ2) is 8.43. The topological polar surface area (TPSA) is 36.4 Å². The highest BCUT2D eigenvalue weighted by molar-refractivity contribution is 5.79. The molecule has 0 atom stereocenters. The van der Waals surface area contributed by atoms with Gasteiger partial charge in [-0.05, 0) is 25.7 Å². The van der Waals surface area contributed by atoms with Crippen molar-refractivity contribution in [2.45, 2.75) is 52.4 Å². The smallest absolute Gasteiger partial charge is 0.191 e. The van der Waals surface area contributed by atoms with Crippen LogP contribution >= 0.6 is 0 Å². The summed E-state index contributed by atoms with van der Waals surface area (Å²) in [5.41, 5.74) is 0. The first-order valence-corrected chi connectivity index (χ1v) is 6.89. The zero-order valence-corrected chi connectivity index (χ0v) is 10.9. The number of aliphatic imine (C=N–C) groups is 1. The standard InChI is InChI=1S/C13H27N3/c1-3-5-6-10-15-13(14-4-2)16-11-9-12-7-8-12/h12H,3-11H2,1-2H3,(H2,14,15,16). The van der Waals surface area contributed by atoms with Crippen LogP contribution in [0.15, 0.2) is 4.99 Å². The van der Waals surface area contributed by atoms with Crippen molar-refractivity contribution in [1.82, 2.24) is 10.6 Å². The highest BCUT2D eigenvalue weighted by atomic mass is 15.2. The number of hydrogen-bond donors (Lipinski definition) is 2. The van der Waals surface area contributed by atoms with Gasteiger partial charge in [-0.15, -0.1) is 0 Å². The summed E-state index contributed by atoms with van der Waals surface area (Å²) < 4.78 is 0. The van der Waals surface area contributed by atoms with E-state index in [1.807, 2.05) is 0 Å². The largest absolute Gasteiger partial charge is 0.357 e. The van der Waals surface area contributed by atoms with E-state index in [1.165, 1.54) is 38.5 Å². The average molecular weight is 225 g/mol. The normalized spacial score (nSPS) is 16.2. The minimum Gasteiger partial charge on any atom is -0.357 e. The van der Waals surface area contributed by atoms with Gasteiger partial charge in [0.1, 0.15) is 0 Å². The van der Waals surface area contributed by atoms with Gasteiger partial charge in [-0.2, -0.15) is 0 Å². The molecule has 16 heavy (non-hydrogen) atoms. The summed E-state index contributed by atoms with van der Waals surface area (Å²) in [6.07, 6.45) is 7.93. The Morgan fingerprint density at radius 3 is 2.62 bits per heavy atom. The van der Waals surface area contributed by atoms with Crippen molar-refractivity contribution in [1.29, 1.82) is 0 Å². The molecule has 1 aliphatic carbocycles. The lowest BCUT2D eigenvalue weighted by molar-refractivity contribution is 0.678.